The van der Waals surface area contributed by atoms with E-state index in [2.05, 4.69) is 19.2 Å². The molecule has 3 atom stereocenters. The highest BCUT2D eigenvalue weighted by atomic mass is 32.2. The van der Waals surface area contributed by atoms with E-state index in [1.165, 1.54) is 20.3 Å². The molecule has 298 valence electrons. The van der Waals surface area contributed by atoms with Crippen LogP contribution in [0.2, 0.25) is 0 Å². The summed E-state index contributed by atoms with van der Waals surface area (Å²) in [6.07, 6.45) is 13.3. The maximum Gasteiger partial charge on any atom is 0.339 e. The van der Waals surface area contributed by atoms with E-state index in [4.69, 9.17) is 18.9 Å². The number of nitrogens with one attached hydrogen (secondary N) is 1. The molecule has 0 spiro atoms. The largest absolute Gasteiger partial charge is 0.494 e. The van der Waals surface area contributed by atoms with Crippen molar-refractivity contribution in [3.05, 3.63) is 42.0 Å². The molecule has 1 aromatic rings. The van der Waals surface area contributed by atoms with E-state index in [9.17, 15) is 27.9 Å². The lowest BCUT2D eigenvalue weighted by Crippen LogP contribution is -2.56. The first-order valence-corrected chi connectivity index (χ1v) is 20.9. The quantitative estimate of drug-likeness (QED) is 0.0538. The smallest absolute Gasteiger partial charge is 0.339 e. The summed E-state index contributed by atoms with van der Waals surface area (Å²) in [6.45, 7) is 9.76. The van der Waals surface area contributed by atoms with Crippen LogP contribution in [0.3, 0.4) is 0 Å². The number of carbonyl (C=O) groups excluding carboxylic acids is 3. The van der Waals surface area contributed by atoms with Crippen molar-refractivity contribution < 1.29 is 46.9 Å². The molecule has 0 radical (unpaired) electrons. The van der Waals surface area contributed by atoms with Gasteiger partial charge in [-0.05, 0) is 70.6 Å². The van der Waals surface area contributed by atoms with Gasteiger partial charge in [-0.25, -0.2) is 18.0 Å². The third-order valence-electron chi connectivity index (χ3n) is 8.63. The number of unbranched alkanes of at least 4 members (excludes halogenated alkanes) is 9. The fourth-order valence-corrected chi connectivity index (χ4v) is 7.05. The number of allylic oxidation sites excluding steroid dienone is 1. The Bertz CT molecular complexity index is 1310. The van der Waals surface area contributed by atoms with Crippen LogP contribution in [0.25, 0.3) is 0 Å². The number of carbonyl (C=O) groups is 3. The van der Waals surface area contributed by atoms with Crippen LogP contribution < -0.4 is 10.1 Å². The SMILES string of the molecule is CCCCCCCS(=O)(=O)CCCCCC/C=C/[C@H](C(=O)N[C@@H](Cc1ccc(OCCCC)cc1)C(=O)OC)[C@@](O)(CCOC)C(=O)OC(C)(C)C. The van der Waals surface area contributed by atoms with E-state index in [0.29, 0.717) is 38.0 Å². The Hall–Kier alpha value is -2.96. The summed E-state index contributed by atoms with van der Waals surface area (Å²) in [5.74, 6) is -2.74. The summed E-state index contributed by atoms with van der Waals surface area (Å²) < 4.78 is 46.3. The molecule has 1 aromatic carbocycles. The minimum absolute atomic E-state index is 0.0396. The average Bonchev–Trinajstić information content (AvgIpc) is 3.09. The van der Waals surface area contributed by atoms with E-state index in [-0.39, 0.29) is 31.0 Å². The number of hydrogen-bond acceptors (Lipinski definition) is 10. The molecule has 0 fully saturated rings. The van der Waals surface area contributed by atoms with Crippen molar-refractivity contribution in [2.75, 3.05) is 38.9 Å². The maximum atomic E-state index is 14.0. The van der Waals surface area contributed by atoms with Gasteiger partial charge in [-0.3, -0.25) is 4.79 Å². The molecular formula is C40H67NO10S. The zero-order chi connectivity index (χ0) is 39.0. The highest BCUT2D eigenvalue weighted by molar-refractivity contribution is 7.91. The standard InChI is InChI=1S/C40H67NO10S/c1-8-10-12-16-19-29-52(46,47)30-20-17-14-13-15-18-21-34(40(45,26-28-48-6)38(44)51-39(3,4)5)36(42)41-35(37(43)49-7)31-32-22-24-33(25-23-32)50-27-11-9-2/h18,21-25,34-35,45H,8-17,19-20,26-31H2,1-7H3,(H,41,42)/b21-18+/t34-,35+,40+/m1/s1. The first-order chi connectivity index (χ1) is 24.6. The Morgan fingerprint density at radius 3 is 2.00 bits per heavy atom. The zero-order valence-electron chi connectivity index (χ0n) is 32.9. The Kier molecular flexibility index (Phi) is 22.7. The average molecular weight is 754 g/mol. The van der Waals surface area contributed by atoms with Crippen molar-refractivity contribution in [1.29, 1.82) is 0 Å². The van der Waals surface area contributed by atoms with Crippen molar-refractivity contribution in [3.63, 3.8) is 0 Å². The Morgan fingerprint density at radius 2 is 1.44 bits per heavy atom. The second-order valence-corrected chi connectivity index (χ2v) is 16.8. The van der Waals surface area contributed by atoms with Crippen LogP contribution in [0, 0.1) is 5.92 Å². The van der Waals surface area contributed by atoms with Gasteiger partial charge in [-0.2, -0.15) is 0 Å². The van der Waals surface area contributed by atoms with Gasteiger partial charge in [0.2, 0.25) is 5.91 Å². The number of amides is 1. The van der Waals surface area contributed by atoms with Gasteiger partial charge in [0.1, 0.15) is 27.2 Å². The third-order valence-corrected chi connectivity index (χ3v) is 10.5. The number of ether oxygens (including phenoxy) is 4. The van der Waals surface area contributed by atoms with Gasteiger partial charge in [0.15, 0.2) is 5.60 Å². The highest BCUT2D eigenvalue weighted by Crippen LogP contribution is 2.29. The van der Waals surface area contributed by atoms with Crippen LogP contribution in [-0.2, 0) is 44.9 Å². The number of aliphatic hydroxyl groups is 1. The van der Waals surface area contributed by atoms with Gasteiger partial charge in [0.05, 0.1) is 31.1 Å². The van der Waals surface area contributed by atoms with E-state index >= 15 is 0 Å². The molecule has 1 rings (SSSR count). The predicted octanol–water partition coefficient (Wildman–Crippen LogP) is 6.68. The molecular weight excluding hydrogens is 687 g/mol. The minimum Gasteiger partial charge on any atom is -0.494 e. The minimum atomic E-state index is -3.06. The Morgan fingerprint density at radius 1 is 0.846 bits per heavy atom. The van der Waals surface area contributed by atoms with Gasteiger partial charge < -0.3 is 29.4 Å². The number of rotatable bonds is 28. The molecule has 0 aromatic heterocycles. The Balaban J connectivity index is 3.10. The molecule has 0 unspecified atom stereocenters. The van der Waals surface area contributed by atoms with Crippen LogP contribution in [0.5, 0.6) is 5.75 Å². The van der Waals surface area contributed by atoms with Gasteiger partial charge in [0.25, 0.3) is 0 Å². The molecule has 0 saturated heterocycles. The van der Waals surface area contributed by atoms with E-state index < -0.39 is 50.8 Å². The molecule has 1 amide bonds. The highest BCUT2D eigenvalue weighted by Gasteiger charge is 2.49. The van der Waals surface area contributed by atoms with Gasteiger partial charge in [-0.15, -0.1) is 0 Å². The number of sulfone groups is 1. The topological polar surface area (TPSA) is 155 Å². The van der Waals surface area contributed by atoms with Crippen LogP contribution in [0.15, 0.2) is 36.4 Å². The molecule has 0 aliphatic carbocycles. The van der Waals surface area contributed by atoms with E-state index in [1.807, 2.05) is 0 Å². The van der Waals surface area contributed by atoms with Crippen LogP contribution in [0.1, 0.15) is 124 Å². The van der Waals surface area contributed by atoms with E-state index in [0.717, 1.165) is 56.9 Å². The molecule has 0 saturated carbocycles. The molecule has 11 nitrogen and oxygen atoms in total. The van der Waals surface area contributed by atoms with E-state index in [1.54, 1.807) is 51.1 Å². The summed E-state index contributed by atoms with van der Waals surface area (Å²) in [5, 5.41) is 14.6. The van der Waals surface area contributed by atoms with Crippen LogP contribution >= 0.6 is 0 Å². The lowest BCUT2D eigenvalue weighted by molar-refractivity contribution is -0.185. The molecule has 12 heteroatoms. The number of hydrogen-bond donors (Lipinski definition) is 2. The molecule has 2 N–H and O–H groups in total. The summed E-state index contributed by atoms with van der Waals surface area (Å²) in [7, 11) is -0.407. The van der Waals surface area contributed by atoms with Crippen molar-refractivity contribution in [2.45, 2.75) is 142 Å². The Labute approximate surface area is 313 Å². The van der Waals surface area contributed by atoms with Gasteiger partial charge >= 0.3 is 11.9 Å². The fraction of sp³-hybridized carbons (Fsp3) is 0.725. The molecule has 52 heavy (non-hydrogen) atoms. The maximum absolute atomic E-state index is 14.0. The molecule has 0 aliphatic heterocycles. The number of methoxy groups -OCH3 is 2. The predicted molar refractivity (Wildman–Crippen MR) is 205 cm³/mol. The fourth-order valence-electron chi connectivity index (χ4n) is 5.56. The van der Waals surface area contributed by atoms with Gasteiger partial charge in [0, 0.05) is 26.6 Å². The number of benzene rings is 1. The summed E-state index contributed by atoms with van der Waals surface area (Å²) in [4.78, 5) is 40.5. The first kappa shape index (κ1) is 47.1. The van der Waals surface area contributed by atoms with Crippen LogP contribution in [-0.4, -0.2) is 87.6 Å². The summed E-state index contributed by atoms with van der Waals surface area (Å²) >= 11 is 0. The van der Waals surface area contributed by atoms with Crippen molar-refractivity contribution in [2.24, 2.45) is 5.92 Å². The molecule has 0 heterocycles. The van der Waals surface area contributed by atoms with Gasteiger partial charge in [-0.1, -0.05) is 83.1 Å². The second-order valence-electron chi connectivity index (χ2n) is 14.5. The lowest BCUT2D eigenvalue weighted by atomic mass is 9.82. The number of esters is 2. The first-order valence-electron chi connectivity index (χ1n) is 19.0. The zero-order valence-corrected chi connectivity index (χ0v) is 33.7. The normalized spacial score (nSPS) is 14.4. The summed E-state index contributed by atoms with van der Waals surface area (Å²) in [6, 6.07) is 6.10. The molecule has 0 aliphatic rings. The monoisotopic (exact) mass is 753 g/mol. The lowest BCUT2D eigenvalue weighted by Gasteiger charge is -2.35. The van der Waals surface area contributed by atoms with Crippen molar-refractivity contribution >= 4 is 27.7 Å². The van der Waals surface area contributed by atoms with Crippen molar-refractivity contribution in [1.82, 2.24) is 5.32 Å². The molecule has 0 bridgehead atoms. The summed E-state index contributed by atoms with van der Waals surface area (Å²) in [5.41, 5.74) is -2.52. The third kappa shape index (κ3) is 19.2. The van der Waals surface area contributed by atoms with Crippen LogP contribution in [0.4, 0.5) is 0 Å². The second kappa shape index (κ2) is 25.1. The van der Waals surface area contributed by atoms with Crippen molar-refractivity contribution in [3.8, 4) is 5.75 Å².